The van der Waals surface area contributed by atoms with E-state index in [4.69, 9.17) is 0 Å². The number of aryl methyl sites for hydroxylation is 2. The number of rotatable bonds is 4. The van der Waals surface area contributed by atoms with Crippen LogP contribution >= 0.6 is 11.3 Å². The summed E-state index contributed by atoms with van der Waals surface area (Å²) in [5.74, 6) is -0.568. The lowest BCUT2D eigenvalue weighted by molar-refractivity contribution is 0.0744. The Bertz CT molecular complexity index is 1210. The largest absolute Gasteiger partial charge is 0.332 e. The molecule has 148 valence electrons. The number of carbonyl (C=O) groups excluding carboxylic acids is 1. The summed E-state index contributed by atoms with van der Waals surface area (Å²) >= 11 is 1.53. The van der Waals surface area contributed by atoms with Gasteiger partial charge in [-0.1, -0.05) is 0 Å². The number of pyridine rings is 1. The van der Waals surface area contributed by atoms with Crippen LogP contribution in [0, 0.1) is 12.7 Å². The van der Waals surface area contributed by atoms with Crippen LogP contribution in [-0.4, -0.2) is 37.6 Å². The molecule has 0 saturated carbocycles. The average molecular weight is 409 g/mol. The number of hydrogen-bond acceptors (Lipinski definition) is 5. The summed E-state index contributed by atoms with van der Waals surface area (Å²) in [7, 11) is 3.56. The third kappa shape index (κ3) is 3.63. The average Bonchev–Trinajstić information content (AvgIpc) is 3.33. The van der Waals surface area contributed by atoms with Crippen LogP contribution < -0.4 is 0 Å². The molecule has 1 unspecified atom stereocenters. The Kier molecular flexibility index (Phi) is 4.87. The highest BCUT2D eigenvalue weighted by atomic mass is 32.1. The molecule has 1 aromatic carbocycles. The van der Waals surface area contributed by atoms with Gasteiger partial charge in [0.25, 0.3) is 5.91 Å². The molecule has 4 rings (SSSR count). The van der Waals surface area contributed by atoms with E-state index in [1.54, 1.807) is 35.0 Å². The number of nitrogens with zero attached hydrogens (tertiary/aromatic N) is 5. The molecule has 1 amide bonds. The monoisotopic (exact) mass is 409 g/mol. The van der Waals surface area contributed by atoms with E-state index in [2.05, 4.69) is 15.1 Å². The lowest BCUT2D eigenvalue weighted by atomic mass is 10.0. The van der Waals surface area contributed by atoms with E-state index in [-0.39, 0.29) is 11.9 Å². The van der Waals surface area contributed by atoms with Crippen LogP contribution in [-0.2, 0) is 7.05 Å². The molecule has 1 atom stereocenters. The molecule has 6 nitrogen and oxygen atoms in total. The number of carbonyl (C=O) groups is 1. The number of amides is 1. The second kappa shape index (κ2) is 7.36. The third-order valence-electron chi connectivity index (χ3n) is 4.90. The van der Waals surface area contributed by atoms with E-state index >= 15 is 0 Å². The van der Waals surface area contributed by atoms with Crippen LogP contribution in [0.15, 0.2) is 42.0 Å². The lowest BCUT2D eigenvalue weighted by Crippen LogP contribution is -2.30. The van der Waals surface area contributed by atoms with Crippen molar-refractivity contribution in [3.8, 4) is 11.3 Å². The molecule has 0 aliphatic carbocycles. The normalized spacial score (nSPS) is 12.3. The molecule has 0 radical (unpaired) electrons. The fourth-order valence-corrected chi connectivity index (χ4v) is 4.07. The minimum Gasteiger partial charge on any atom is -0.332 e. The first-order valence-corrected chi connectivity index (χ1v) is 10.00. The summed E-state index contributed by atoms with van der Waals surface area (Å²) in [5, 5.41) is 7.62. The summed E-state index contributed by atoms with van der Waals surface area (Å²) < 4.78 is 15.5. The molecule has 4 aromatic rings. The standard InChI is InChI=1S/C21H20FN5OS/c1-12-11-29-20(24-12)13(2)27(4)21(28)17-8-18(14-9-23-26(3)10-14)25-19-7-15(22)5-6-16(17)19/h5-11,13H,1-4H3. The van der Waals surface area contributed by atoms with Crippen molar-refractivity contribution in [2.75, 3.05) is 7.05 Å². The van der Waals surface area contributed by atoms with Gasteiger partial charge >= 0.3 is 0 Å². The van der Waals surface area contributed by atoms with Gasteiger partial charge in [-0.15, -0.1) is 11.3 Å². The van der Waals surface area contributed by atoms with Gasteiger partial charge in [0.15, 0.2) is 0 Å². The number of halogens is 1. The summed E-state index contributed by atoms with van der Waals surface area (Å²) in [6.45, 7) is 3.88. The van der Waals surface area contributed by atoms with Gasteiger partial charge in [0.2, 0.25) is 0 Å². The van der Waals surface area contributed by atoms with Crippen LogP contribution in [0.1, 0.15) is 34.0 Å². The van der Waals surface area contributed by atoms with Crippen LogP contribution in [0.25, 0.3) is 22.2 Å². The van der Waals surface area contributed by atoms with Gasteiger partial charge in [0.1, 0.15) is 10.8 Å². The van der Waals surface area contributed by atoms with Crippen molar-refractivity contribution in [3.63, 3.8) is 0 Å². The van der Waals surface area contributed by atoms with Gasteiger partial charge < -0.3 is 4.90 Å². The predicted octanol–water partition coefficient (Wildman–Crippen LogP) is 4.37. The molecule has 0 spiro atoms. The van der Waals surface area contributed by atoms with Crippen molar-refractivity contribution < 1.29 is 9.18 Å². The molecular weight excluding hydrogens is 389 g/mol. The van der Waals surface area contributed by atoms with Crippen molar-refractivity contribution in [3.05, 3.63) is 64.1 Å². The van der Waals surface area contributed by atoms with E-state index in [9.17, 15) is 9.18 Å². The minimum atomic E-state index is -0.397. The molecule has 0 aliphatic heterocycles. The Balaban J connectivity index is 1.81. The van der Waals surface area contributed by atoms with E-state index in [0.29, 0.717) is 22.2 Å². The highest BCUT2D eigenvalue weighted by molar-refractivity contribution is 7.09. The van der Waals surface area contributed by atoms with Crippen molar-refractivity contribution in [1.29, 1.82) is 0 Å². The first-order chi connectivity index (χ1) is 13.8. The quantitative estimate of drug-likeness (QED) is 0.502. The fraction of sp³-hybridized carbons (Fsp3) is 0.238. The maximum atomic E-state index is 13.9. The number of hydrogen-bond donors (Lipinski definition) is 0. The second-order valence-corrected chi connectivity index (χ2v) is 7.93. The Morgan fingerprint density at radius 1 is 1.28 bits per heavy atom. The Morgan fingerprint density at radius 3 is 2.72 bits per heavy atom. The Hall–Kier alpha value is -3.13. The molecule has 0 N–H and O–H groups in total. The molecule has 3 aromatic heterocycles. The van der Waals surface area contributed by atoms with Crippen LogP contribution in [0.3, 0.4) is 0 Å². The molecule has 0 saturated heterocycles. The third-order valence-corrected chi connectivity index (χ3v) is 6.03. The van der Waals surface area contributed by atoms with E-state index in [0.717, 1.165) is 16.3 Å². The Labute approximate surface area is 171 Å². The molecule has 0 fully saturated rings. The van der Waals surface area contributed by atoms with E-state index in [1.165, 1.54) is 23.5 Å². The number of fused-ring (bicyclic) bond motifs is 1. The van der Waals surface area contributed by atoms with Crippen molar-refractivity contribution in [2.45, 2.75) is 19.9 Å². The van der Waals surface area contributed by atoms with Crippen molar-refractivity contribution in [2.24, 2.45) is 7.05 Å². The molecule has 0 bridgehead atoms. The van der Waals surface area contributed by atoms with Gasteiger partial charge in [0.05, 0.1) is 29.0 Å². The van der Waals surface area contributed by atoms with Gasteiger partial charge in [-0.3, -0.25) is 9.48 Å². The zero-order valence-electron chi connectivity index (χ0n) is 16.5. The number of benzene rings is 1. The molecule has 29 heavy (non-hydrogen) atoms. The summed E-state index contributed by atoms with van der Waals surface area (Å²) in [6.07, 6.45) is 3.48. The van der Waals surface area contributed by atoms with Crippen molar-refractivity contribution in [1.82, 2.24) is 24.6 Å². The number of aromatic nitrogens is 4. The highest BCUT2D eigenvalue weighted by Crippen LogP contribution is 2.29. The predicted molar refractivity (Wildman–Crippen MR) is 111 cm³/mol. The van der Waals surface area contributed by atoms with Gasteiger partial charge in [-0.25, -0.2) is 14.4 Å². The summed E-state index contributed by atoms with van der Waals surface area (Å²) in [5.41, 5.74) is 3.17. The molecule has 8 heteroatoms. The lowest BCUT2D eigenvalue weighted by Gasteiger charge is -2.24. The fourth-order valence-electron chi connectivity index (χ4n) is 3.18. The van der Waals surface area contributed by atoms with Gasteiger partial charge in [0, 0.05) is 48.4 Å². The topological polar surface area (TPSA) is 63.9 Å². The highest BCUT2D eigenvalue weighted by Gasteiger charge is 2.24. The molecular formula is C21H20FN5OS. The van der Waals surface area contributed by atoms with Crippen LogP contribution in [0.4, 0.5) is 4.39 Å². The zero-order chi connectivity index (χ0) is 20.7. The Morgan fingerprint density at radius 2 is 2.07 bits per heavy atom. The second-order valence-electron chi connectivity index (χ2n) is 7.04. The van der Waals surface area contributed by atoms with Gasteiger partial charge in [-0.05, 0) is 32.0 Å². The van der Waals surface area contributed by atoms with Crippen LogP contribution in [0.2, 0.25) is 0 Å². The van der Waals surface area contributed by atoms with Crippen LogP contribution in [0.5, 0.6) is 0 Å². The SMILES string of the molecule is Cc1csc(C(C)N(C)C(=O)c2cc(-c3cnn(C)c3)nc3cc(F)ccc23)n1. The summed E-state index contributed by atoms with van der Waals surface area (Å²) in [4.78, 5) is 24.1. The number of thiazole rings is 1. The molecule has 0 aliphatic rings. The smallest absolute Gasteiger partial charge is 0.254 e. The first kappa shape index (κ1) is 19.2. The van der Waals surface area contributed by atoms with E-state index < -0.39 is 5.82 Å². The van der Waals surface area contributed by atoms with Crippen molar-refractivity contribution >= 4 is 28.1 Å². The summed E-state index contributed by atoms with van der Waals surface area (Å²) in [6, 6.07) is 5.85. The minimum absolute atomic E-state index is 0.172. The van der Waals surface area contributed by atoms with Gasteiger partial charge in [-0.2, -0.15) is 5.10 Å². The molecule has 3 heterocycles. The van der Waals surface area contributed by atoms with E-state index in [1.807, 2.05) is 32.5 Å². The zero-order valence-corrected chi connectivity index (χ0v) is 17.4. The maximum Gasteiger partial charge on any atom is 0.254 e. The maximum absolute atomic E-state index is 13.9. The first-order valence-electron chi connectivity index (χ1n) is 9.12.